The van der Waals surface area contributed by atoms with Gasteiger partial charge < -0.3 is 45.1 Å². The number of allylic oxidation sites excluding steroid dienone is 25. The molecule has 0 saturated carbocycles. The van der Waals surface area contributed by atoms with Gasteiger partial charge in [-0.3, -0.25) is 9.59 Å². The first-order chi connectivity index (χ1) is 44.7. The van der Waals surface area contributed by atoms with E-state index in [1.165, 1.54) is 44.9 Å². The third-order valence-electron chi connectivity index (χ3n) is 15.9. The van der Waals surface area contributed by atoms with Gasteiger partial charge in [0.25, 0.3) is 0 Å². The predicted molar refractivity (Wildman–Crippen MR) is 383 cm³/mol. The molecule has 0 bridgehead atoms. The van der Waals surface area contributed by atoms with Gasteiger partial charge in [0.1, 0.15) is 24.4 Å². The van der Waals surface area contributed by atoms with E-state index in [2.05, 4.69) is 172 Å². The van der Waals surface area contributed by atoms with E-state index in [4.69, 9.17) is 14.2 Å². The molecule has 1 saturated heterocycles. The zero-order chi connectivity index (χ0) is 66.0. The highest BCUT2D eigenvalue weighted by Gasteiger charge is 2.47. The molecule has 0 aliphatic carbocycles. The predicted octanol–water partition coefficient (Wildman–Crippen LogP) is 19.1. The summed E-state index contributed by atoms with van der Waals surface area (Å²) in [4.78, 5) is 26.7. The maximum atomic E-state index is 13.5. The average Bonchev–Trinajstić information content (AvgIpc) is 1.02. The van der Waals surface area contributed by atoms with Gasteiger partial charge in [-0.2, -0.15) is 0 Å². The number of carbonyl (C=O) groups excluding carboxylic acids is 2. The molecule has 516 valence electrons. The molecule has 0 aromatic rings. The van der Waals surface area contributed by atoms with Crippen LogP contribution in [0, 0.1) is 0 Å². The number of hydrogen-bond donors (Lipinski definition) is 6. The van der Waals surface area contributed by atoms with Gasteiger partial charge in [-0.1, -0.05) is 294 Å². The van der Waals surface area contributed by atoms with Gasteiger partial charge in [0.15, 0.2) is 12.4 Å². The third kappa shape index (κ3) is 52.4. The SMILES string of the molecule is CC/C=C\C/C=C\C/C=C\C/C=C\C/C=C\C/C=C\CCCCCCCCCC(O)C(=O)NC(COC1OC(CO)C(O)C(O)C1OC(=O)CCCCCCCC/C=C\C/C=C\C/C=C\C/C=C\C/C=C\C/C=C\CC)C(O)/C=C/CCCCCCCCCCC. The van der Waals surface area contributed by atoms with Gasteiger partial charge in [0.2, 0.25) is 5.91 Å². The van der Waals surface area contributed by atoms with E-state index >= 15 is 0 Å². The van der Waals surface area contributed by atoms with Crippen LogP contribution < -0.4 is 5.32 Å². The second-order valence-corrected chi connectivity index (χ2v) is 24.2. The first-order valence-corrected chi connectivity index (χ1v) is 36.3. The number of aliphatic hydroxyl groups is 5. The van der Waals surface area contributed by atoms with Gasteiger partial charge in [-0.25, -0.2) is 0 Å². The zero-order valence-electron chi connectivity index (χ0n) is 57.4. The van der Waals surface area contributed by atoms with Gasteiger partial charge >= 0.3 is 5.97 Å². The minimum absolute atomic E-state index is 0.0960. The Morgan fingerprint density at radius 2 is 0.791 bits per heavy atom. The van der Waals surface area contributed by atoms with Crippen molar-refractivity contribution in [2.24, 2.45) is 0 Å². The van der Waals surface area contributed by atoms with E-state index in [0.29, 0.717) is 12.8 Å². The van der Waals surface area contributed by atoms with Crippen molar-refractivity contribution in [2.75, 3.05) is 13.2 Å². The van der Waals surface area contributed by atoms with Crippen LogP contribution in [0.4, 0.5) is 0 Å². The smallest absolute Gasteiger partial charge is 0.306 e. The van der Waals surface area contributed by atoms with Crippen molar-refractivity contribution in [1.82, 2.24) is 5.32 Å². The largest absolute Gasteiger partial charge is 0.454 e. The molecular weight excluding hydrogens is 1130 g/mol. The fourth-order valence-electron chi connectivity index (χ4n) is 10.3. The van der Waals surface area contributed by atoms with Crippen LogP contribution in [0.2, 0.25) is 0 Å². The third-order valence-corrected chi connectivity index (χ3v) is 15.9. The van der Waals surface area contributed by atoms with Crippen molar-refractivity contribution in [3.8, 4) is 0 Å². The maximum absolute atomic E-state index is 13.5. The summed E-state index contributed by atoms with van der Waals surface area (Å²) in [6.07, 6.45) is 85.6. The Hall–Kier alpha value is -4.72. The van der Waals surface area contributed by atoms with Crippen molar-refractivity contribution in [1.29, 1.82) is 0 Å². The molecule has 1 amide bonds. The van der Waals surface area contributed by atoms with Crippen LogP contribution in [-0.2, 0) is 23.8 Å². The normalized spacial score (nSPS) is 19.0. The number of carbonyl (C=O) groups is 2. The summed E-state index contributed by atoms with van der Waals surface area (Å²) in [6, 6.07) is -1.04. The van der Waals surface area contributed by atoms with Crippen LogP contribution in [0.3, 0.4) is 0 Å². The molecular formula is C80H131NO10. The Morgan fingerprint density at radius 3 is 1.19 bits per heavy atom. The first-order valence-electron chi connectivity index (χ1n) is 36.3. The topological polar surface area (TPSA) is 175 Å². The van der Waals surface area contributed by atoms with Crippen LogP contribution in [0.25, 0.3) is 0 Å². The summed E-state index contributed by atoms with van der Waals surface area (Å²) in [5.41, 5.74) is 0. The molecule has 11 heteroatoms. The molecule has 1 fully saturated rings. The van der Waals surface area contributed by atoms with E-state index in [0.717, 1.165) is 180 Å². The Kier molecular flexibility index (Phi) is 60.5. The molecule has 8 unspecified atom stereocenters. The lowest BCUT2D eigenvalue weighted by atomic mass is 9.99. The van der Waals surface area contributed by atoms with Gasteiger partial charge in [-0.05, 0) is 128 Å². The Balaban J connectivity index is 2.58. The fraction of sp³-hybridized carbons (Fsp3) is 0.650. The van der Waals surface area contributed by atoms with Crippen LogP contribution in [0.5, 0.6) is 0 Å². The minimum atomic E-state index is -1.63. The number of amides is 1. The summed E-state index contributed by atoms with van der Waals surface area (Å²) in [7, 11) is 0. The Morgan fingerprint density at radius 1 is 0.440 bits per heavy atom. The average molecular weight is 1270 g/mol. The lowest BCUT2D eigenvalue weighted by Crippen LogP contribution is -2.61. The number of nitrogens with one attached hydrogen (secondary N) is 1. The number of unbranched alkanes of at least 4 members (excludes halogenated alkanes) is 22. The fourth-order valence-corrected chi connectivity index (χ4v) is 10.3. The van der Waals surface area contributed by atoms with Gasteiger partial charge in [0.05, 0.1) is 25.4 Å². The molecule has 11 nitrogen and oxygen atoms in total. The molecule has 91 heavy (non-hydrogen) atoms. The summed E-state index contributed by atoms with van der Waals surface area (Å²) >= 11 is 0. The molecule has 0 aromatic carbocycles. The van der Waals surface area contributed by atoms with Crippen molar-refractivity contribution in [3.05, 3.63) is 158 Å². The van der Waals surface area contributed by atoms with Crippen LogP contribution >= 0.6 is 0 Å². The lowest BCUT2D eigenvalue weighted by molar-refractivity contribution is -0.305. The summed E-state index contributed by atoms with van der Waals surface area (Å²) < 4.78 is 17.7. The second-order valence-electron chi connectivity index (χ2n) is 24.2. The number of ether oxygens (including phenoxy) is 3. The maximum Gasteiger partial charge on any atom is 0.306 e. The van der Waals surface area contributed by atoms with E-state index in [1.807, 2.05) is 6.08 Å². The highest BCUT2D eigenvalue weighted by atomic mass is 16.7. The van der Waals surface area contributed by atoms with Crippen LogP contribution in [0.15, 0.2) is 158 Å². The van der Waals surface area contributed by atoms with E-state index in [1.54, 1.807) is 6.08 Å². The van der Waals surface area contributed by atoms with Crippen molar-refractivity contribution in [2.45, 2.75) is 320 Å². The number of esters is 1. The number of aliphatic hydroxyl groups excluding tert-OH is 5. The molecule has 1 aliphatic rings. The van der Waals surface area contributed by atoms with Crippen LogP contribution in [-0.4, -0.2) is 99.6 Å². The molecule has 8 atom stereocenters. The van der Waals surface area contributed by atoms with E-state index < -0.39 is 67.4 Å². The molecule has 1 rings (SSSR count). The highest BCUT2D eigenvalue weighted by Crippen LogP contribution is 2.26. The van der Waals surface area contributed by atoms with Crippen molar-refractivity contribution in [3.63, 3.8) is 0 Å². The number of rotatable bonds is 60. The Labute approximate surface area is 555 Å². The van der Waals surface area contributed by atoms with E-state index in [9.17, 15) is 35.1 Å². The standard InChI is InChI=1S/C80H131NO10/c1-4-7-10-13-16-19-22-24-26-28-30-32-34-36-38-39-41-43-45-47-49-52-55-58-61-64-67-73(84)79(88)81-71(72(83)66-63-60-57-54-51-21-18-15-12-9-6-3)70-89-80-78(77(87)76(86)74(69-82)90-80)91-75(85)68-65-62-59-56-53-50-48-46-44-42-40-37-35-33-31-29-27-25-23-20-17-14-11-8-5-2/h7-8,10-11,16-17,19-20,24-27,30-33,36-38,40-41,43-44,46,63,66,71-74,76-78,80,82-84,86-87H,4-6,9,12-15,18,21-23,28-29,34-35,39,42,45,47-62,64-65,67-70H2,1-3H3,(H,81,88)/b10-7-,11-8-,19-16-,20-17-,26-24-,27-25-,32-30-,33-31-,38-36-,40-37-,43-41-,46-44-,66-63+. The van der Waals surface area contributed by atoms with Crippen molar-refractivity contribution >= 4 is 11.9 Å². The minimum Gasteiger partial charge on any atom is -0.454 e. The van der Waals surface area contributed by atoms with E-state index in [-0.39, 0.29) is 19.4 Å². The molecule has 6 N–H and O–H groups in total. The molecule has 0 radical (unpaired) electrons. The Bertz CT molecular complexity index is 2090. The number of hydrogen-bond acceptors (Lipinski definition) is 10. The van der Waals surface area contributed by atoms with Gasteiger partial charge in [-0.15, -0.1) is 0 Å². The molecule has 0 spiro atoms. The molecule has 1 aliphatic heterocycles. The summed E-state index contributed by atoms with van der Waals surface area (Å²) in [5.74, 6) is -1.23. The lowest BCUT2D eigenvalue weighted by Gasteiger charge is -2.41. The van der Waals surface area contributed by atoms with Crippen LogP contribution in [0.1, 0.15) is 271 Å². The summed E-state index contributed by atoms with van der Waals surface area (Å²) in [5, 5.41) is 57.3. The van der Waals surface area contributed by atoms with Crippen molar-refractivity contribution < 1.29 is 49.3 Å². The monoisotopic (exact) mass is 1270 g/mol. The first kappa shape index (κ1) is 84.3. The second kappa shape index (κ2) is 65.3. The molecule has 0 aromatic heterocycles. The quantitative estimate of drug-likeness (QED) is 0.0195. The van der Waals surface area contributed by atoms with Gasteiger partial charge in [0, 0.05) is 6.42 Å². The summed E-state index contributed by atoms with van der Waals surface area (Å²) in [6.45, 7) is 5.55. The zero-order valence-corrected chi connectivity index (χ0v) is 57.4. The highest BCUT2D eigenvalue weighted by molar-refractivity contribution is 5.80. The molecule has 1 heterocycles.